The average molecular weight is 413 g/mol. The second-order valence-electron chi connectivity index (χ2n) is 6.21. The number of fused-ring (bicyclic) bond motifs is 1. The number of nitrogens with one attached hydrogen (secondary N) is 1. The van der Waals surface area contributed by atoms with Gasteiger partial charge in [0.2, 0.25) is 0 Å². The number of carbonyl (C=O) groups is 1. The van der Waals surface area contributed by atoms with Gasteiger partial charge < -0.3 is 4.52 Å². The largest absolute Gasteiger partial charge is 0.355 e. The normalized spacial score (nSPS) is 11.6. The molecular weight excluding hydrogens is 398 g/mol. The van der Waals surface area contributed by atoms with Crippen molar-refractivity contribution in [1.29, 1.82) is 0 Å². The molecule has 1 N–H and O–H groups in total. The molecule has 28 heavy (non-hydrogen) atoms. The minimum absolute atomic E-state index is 0.211. The maximum atomic E-state index is 12.9. The number of hydrogen-bond donors (Lipinski definition) is 1. The average Bonchev–Trinajstić information content (AvgIpc) is 3.23. The van der Waals surface area contributed by atoms with Gasteiger partial charge in [0.15, 0.2) is 20.7 Å². The van der Waals surface area contributed by atoms with Crippen LogP contribution in [0.1, 0.15) is 16.1 Å². The van der Waals surface area contributed by atoms with Crippen molar-refractivity contribution in [1.82, 2.24) is 10.1 Å². The van der Waals surface area contributed by atoms with E-state index < -0.39 is 9.84 Å². The van der Waals surface area contributed by atoms with Gasteiger partial charge in [-0.3, -0.25) is 10.1 Å². The molecule has 1 amide bonds. The molecule has 7 nitrogen and oxygen atoms in total. The summed E-state index contributed by atoms with van der Waals surface area (Å²) in [5.74, 6) is -0.00364. The maximum absolute atomic E-state index is 12.9. The Morgan fingerprint density at radius 1 is 1.14 bits per heavy atom. The number of hydrogen-bond acceptors (Lipinski definition) is 7. The fraction of sp³-hybridized carbons (Fsp3) is 0.105. The molecule has 0 unspecified atom stereocenters. The van der Waals surface area contributed by atoms with Crippen molar-refractivity contribution in [3.8, 4) is 11.3 Å². The van der Waals surface area contributed by atoms with E-state index in [0.717, 1.165) is 11.8 Å². The lowest BCUT2D eigenvalue weighted by atomic mass is 10.1. The summed E-state index contributed by atoms with van der Waals surface area (Å²) in [7, 11) is -3.31. The molecule has 0 bridgehead atoms. The highest BCUT2D eigenvalue weighted by molar-refractivity contribution is 7.90. The number of nitrogens with zero attached hydrogens (tertiary/aromatic N) is 2. The molecule has 0 aliphatic rings. The molecule has 0 spiro atoms. The molecule has 2 aromatic carbocycles. The topological polar surface area (TPSA) is 102 Å². The van der Waals surface area contributed by atoms with Crippen LogP contribution in [0.15, 0.2) is 57.9 Å². The van der Waals surface area contributed by atoms with Crippen molar-refractivity contribution in [3.63, 3.8) is 0 Å². The molecule has 0 atom stereocenters. The Morgan fingerprint density at radius 3 is 2.61 bits per heavy atom. The summed E-state index contributed by atoms with van der Waals surface area (Å²) >= 11 is 1.20. The third kappa shape index (κ3) is 3.41. The fourth-order valence-electron chi connectivity index (χ4n) is 2.77. The lowest BCUT2D eigenvalue weighted by Crippen LogP contribution is -2.13. The first-order valence-corrected chi connectivity index (χ1v) is 11.0. The van der Waals surface area contributed by atoms with E-state index in [1.165, 1.54) is 17.4 Å². The lowest BCUT2D eigenvalue weighted by molar-refractivity contribution is 0.102. The van der Waals surface area contributed by atoms with Gasteiger partial charge in [-0.05, 0) is 25.1 Å². The van der Waals surface area contributed by atoms with Gasteiger partial charge in [0.25, 0.3) is 5.91 Å². The summed E-state index contributed by atoms with van der Waals surface area (Å²) in [5, 5.41) is 7.05. The number of amides is 1. The van der Waals surface area contributed by atoms with Gasteiger partial charge in [-0.15, -0.1) is 0 Å². The van der Waals surface area contributed by atoms with Gasteiger partial charge in [0.1, 0.15) is 5.56 Å². The molecule has 9 heteroatoms. The standard InChI is InChI=1S/C19H15N3O4S2/c1-11-16(17(26-22-11)12-6-4-3-5-7-12)18(23)21-19-20-14-9-8-13(28(2,24)25)10-15(14)27-19/h3-10H,1-2H3,(H,20,21,23). The van der Waals surface area contributed by atoms with Crippen LogP contribution in [0.2, 0.25) is 0 Å². The molecule has 142 valence electrons. The van der Waals surface area contributed by atoms with Gasteiger partial charge in [-0.2, -0.15) is 0 Å². The van der Waals surface area contributed by atoms with Crippen molar-refractivity contribution in [2.24, 2.45) is 0 Å². The van der Waals surface area contributed by atoms with Crippen molar-refractivity contribution in [2.45, 2.75) is 11.8 Å². The molecule has 4 aromatic rings. The van der Waals surface area contributed by atoms with E-state index in [1.807, 2.05) is 30.3 Å². The van der Waals surface area contributed by atoms with Crippen LogP contribution in [0.25, 0.3) is 21.5 Å². The van der Waals surface area contributed by atoms with Crippen LogP contribution in [-0.2, 0) is 9.84 Å². The van der Waals surface area contributed by atoms with Crippen molar-refractivity contribution >= 4 is 42.4 Å². The Labute approximate surface area is 164 Å². The summed E-state index contributed by atoms with van der Waals surface area (Å²) in [6, 6.07) is 13.9. The SMILES string of the molecule is Cc1noc(-c2ccccc2)c1C(=O)Nc1nc2ccc(S(C)(=O)=O)cc2s1. The number of sulfone groups is 1. The lowest BCUT2D eigenvalue weighted by Gasteiger charge is -2.02. The number of aryl methyl sites for hydroxylation is 1. The van der Waals surface area contributed by atoms with Crippen LogP contribution >= 0.6 is 11.3 Å². The highest BCUT2D eigenvalue weighted by atomic mass is 32.2. The Balaban J connectivity index is 1.67. The molecule has 0 aliphatic carbocycles. The first-order valence-electron chi connectivity index (χ1n) is 8.26. The highest BCUT2D eigenvalue weighted by Crippen LogP contribution is 2.30. The third-order valence-electron chi connectivity index (χ3n) is 4.13. The first-order chi connectivity index (χ1) is 13.3. The number of thiazole rings is 1. The minimum Gasteiger partial charge on any atom is -0.355 e. The van der Waals surface area contributed by atoms with E-state index in [4.69, 9.17) is 4.52 Å². The summed E-state index contributed by atoms with van der Waals surface area (Å²) in [6.07, 6.45) is 1.15. The van der Waals surface area contributed by atoms with Crippen LogP contribution in [0.3, 0.4) is 0 Å². The molecule has 0 radical (unpaired) electrons. The molecule has 4 rings (SSSR count). The predicted octanol–water partition coefficient (Wildman–Crippen LogP) is 3.92. The smallest absolute Gasteiger partial charge is 0.263 e. The summed E-state index contributed by atoms with van der Waals surface area (Å²) < 4.78 is 29.5. The van der Waals surface area contributed by atoms with Gasteiger partial charge in [0.05, 0.1) is 20.8 Å². The van der Waals surface area contributed by atoms with Gasteiger partial charge in [0, 0.05) is 11.8 Å². The Hall–Kier alpha value is -3.04. The van der Waals surface area contributed by atoms with E-state index in [9.17, 15) is 13.2 Å². The first kappa shape index (κ1) is 18.3. The summed E-state index contributed by atoms with van der Waals surface area (Å²) in [4.78, 5) is 17.4. The number of aromatic nitrogens is 2. The quantitative estimate of drug-likeness (QED) is 0.544. The predicted molar refractivity (Wildman–Crippen MR) is 107 cm³/mol. The third-order valence-corrected chi connectivity index (χ3v) is 6.18. The number of anilines is 1. The molecule has 2 heterocycles. The van der Waals surface area contributed by atoms with Gasteiger partial charge >= 0.3 is 0 Å². The molecule has 0 saturated carbocycles. The minimum atomic E-state index is -3.31. The van der Waals surface area contributed by atoms with Crippen LogP contribution < -0.4 is 5.32 Å². The summed E-state index contributed by atoms with van der Waals surface area (Å²) in [6.45, 7) is 1.70. The van der Waals surface area contributed by atoms with E-state index in [-0.39, 0.29) is 10.8 Å². The second kappa shape index (κ2) is 6.84. The van der Waals surface area contributed by atoms with Gasteiger partial charge in [-0.1, -0.05) is 46.8 Å². The molecule has 0 fully saturated rings. The zero-order valence-corrected chi connectivity index (χ0v) is 16.6. The van der Waals surface area contributed by atoms with Crippen LogP contribution in [-0.4, -0.2) is 30.7 Å². The van der Waals surface area contributed by atoms with Crippen LogP contribution in [0.4, 0.5) is 5.13 Å². The van der Waals surface area contributed by atoms with Crippen LogP contribution in [0, 0.1) is 6.92 Å². The van der Waals surface area contributed by atoms with E-state index in [2.05, 4.69) is 15.5 Å². The zero-order valence-electron chi connectivity index (χ0n) is 15.0. The Kier molecular flexibility index (Phi) is 4.48. The van der Waals surface area contributed by atoms with Crippen LogP contribution in [0.5, 0.6) is 0 Å². The van der Waals surface area contributed by atoms with E-state index in [1.54, 1.807) is 19.1 Å². The number of rotatable bonds is 4. The van der Waals surface area contributed by atoms with Crippen molar-refractivity contribution in [2.75, 3.05) is 11.6 Å². The zero-order chi connectivity index (χ0) is 19.9. The molecular formula is C19H15N3O4S2. The van der Waals surface area contributed by atoms with E-state index in [0.29, 0.717) is 32.4 Å². The van der Waals surface area contributed by atoms with Crippen molar-refractivity contribution in [3.05, 3.63) is 59.8 Å². The Bertz CT molecular complexity index is 1290. The van der Waals surface area contributed by atoms with Crippen molar-refractivity contribution < 1.29 is 17.7 Å². The molecule has 0 saturated heterocycles. The Morgan fingerprint density at radius 2 is 1.89 bits per heavy atom. The number of benzene rings is 2. The van der Waals surface area contributed by atoms with E-state index >= 15 is 0 Å². The highest BCUT2D eigenvalue weighted by Gasteiger charge is 2.23. The molecule has 0 aliphatic heterocycles. The second-order valence-corrected chi connectivity index (χ2v) is 9.26. The fourth-order valence-corrected chi connectivity index (χ4v) is 4.39. The maximum Gasteiger partial charge on any atom is 0.263 e. The molecule has 2 aromatic heterocycles. The summed E-state index contributed by atoms with van der Waals surface area (Å²) in [5.41, 5.74) is 2.16. The van der Waals surface area contributed by atoms with Gasteiger partial charge in [-0.25, -0.2) is 13.4 Å². The monoisotopic (exact) mass is 413 g/mol. The number of carbonyl (C=O) groups excluding carboxylic acids is 1.